The fourth-order valence-corrected chi connectivity index (χ4v) is 3.80. The molecule has 154 valence electrons. The fraction of sp³-hybridized carbons (Fsp3) is 0.476. The summed E-state index contributed by atoms with van der Waals surface area (Å²) in [5.41, 5.74) is 1.11. The minimum atomic E-state index is -0.450. The third kappa shape index (κ3) is 4.52. The Bertz CT molecular complexity index is 894. The van der Waals surface area contributed by atoms with E-state index in [4.69, 9.17) is 14.0 Å². The number of carbonyl (C=O) groups is 2. The molecule has 0 saturated carbocycles. The molecule has 0 bridgehead atoms. The summed E-state index contributed by atoms with van der Waals surface area (Å²) in [6.45, 7) is 3.50. The number of aryl methyl sites for hydroxylation is 2. The standard InChI is InChI=1S/C21H25N3O5/c1-14-12-19(23-29-14)22-21(26)16-5-3-9-24(16)20(25)6-2-4-15-7-8-17-18(13-15)28-11-10-27-17/h7-8,12-13,16H,2-6,9-11H2,1H3,(H,22,23,26)/t16-/m0/s1. The lowest BCUT2D eigenvalue weighted by atomic mass is 10.1. The summed E-state index contributed by atoms with van der Waals surface area (Å²) in [6.07, 6.45) is 3.37. The number of carbonyl (C=O) groups excluding carboxylic acids is 2. The molecule has 4 rings (SSSR count). The van der Waals surface area contributed by atoms with E-state index in [1.165, 1.54) is 0 Å². The van der Waals surface area contributed by atoms with E-state index < -0.39 is 6.04 Å². The number of aromatic nitrogens is 1. The van der Waals surface area contributed by atoms with Gasteiger partial charge < -0.3 is 24.2 Å². The first kappa shape index (κ1) is 19.3. The molecule has 0 radical (unpaired) electrons. The van der Waals surface area contributed by atoms with Crippen LogP contribution in [0.2, 0.25) is 0 Å². The van der Waals surface area contributed by atoms with Crippen LogP contribution in [-0.2, 0) is 16.0 Å². The van der Waals surface area contributed by atoms with Gasteiger partial charge in [-0.25, -0.2) is 0 Å². The zero-order valence-electron chi connectivity index (χ0n) is 16.5. The van der Waals surface area contributed by atoms with Crippen molar-refractivity contribution in [2.75, 3.05) is 25.1 Å². The first-order valence-electron chi connectivity index (χ1n) is 10.0. The average Bonchev–Trinajstić information content (AvgIpc) is 3.37. The number of rotatable bonds is 6. The Labute approximate surface area is 169 Å². The summed E-state index contributed by atoms with van der Waals surface area (Å²) in [5, 5.41) is 6.52. The molecule has 1 N–H and O–H groups in total. The van der Waals surface area contributed by atoms with E-state index in [2.05, 4.69) is 10.5 Å². The molecule has 8 nitrogen and oxygen atoms in total. The third-order valence-corrected chi connectivity index (χ3v) is 5.22. The topological polar surface area (TPSA) is 93.9 Å². The van der Waals surface area contributed by atoms with E-state index in [1.807, 2.05) is 18.2 Å². The van der Waals surface area contributed by atoms with Crippen molar-refractivity contribution >= 4 is 17.6 Å². The van der Waals surface area contributed by atoms with Gasteiger partial charge in [-0.15, -0.1) is 0 Å². The molecule has 2 aliphatic rings. The number of hydrogen-bond donors (Lipinski definition) is 1. The number of anilines is 1. The number of amides is 2. The maximum atomic E-state index is 12.7. The van der Waals surface area contributed by atoms with Crippen LogP contribution in [0.4, 0.5) is 5.82 Å². The molecule has 0 aliphatic carbocycles. The first-order chi connectivity index (χ1) is 14.1. The Morgan fingerprint density at radius 1 is 1.21 bits per heavy atom. The molecule has 2 amide bonds. The van der Waals surface area contributed by atoms with Crippen LogP contribution in [0, 0.1) is 6.92 Å². The summed E-state index contributed by atoms with van der Waals surface area (Å²) in [6, 6.07) is 7.10. The van der Waals surface area contributed by atoms with Gasteiger partial charge in [-0.1, -0.05) is 11.2 Å². The zero-order valence-corrected chi connectivity index (χ0v) is 16.5. The smallest absolute Gasteiger partial charge is 0.248 e. The van der Waals surface area contributed by atoms with E-state index >= 15 is 0 Å². The summed E-state index contributed by atoms with van der Waals surface area (Å²) >= 11 is 0. The van der Waals surface area contributed by atoms with Gasteiger partial charge in [-0.2, -0.15) is 0 Å². The van der Waals surface area contributed by atoms with Gasteiger partial charge >= 0.3 is 0 Å². The zero-order chi connectivity index (χ0) is 20.2. The lowest BCUT2D eigenvalue weighted by Crippen LogP contribution is -2.43. The number of nitrogens with one attached hydrogen (secondary N) is 1. The number of fused-ring (bicyclic) bond motifs is 1. The molecule has 2 aliphatic heterocycles. The maximum Gasteiger partial charge on any atom is 0.248 e. The van der Waals surface area contributed by atoms with E-state index in [-0.39, 0.29) is 11.8 Å². The number of hydrogen-bond acceptors (Lipinski definition) is 6. The van der Waals surface area contributed by atoms with Gasteiger partial charge in [0.15, 0.2) is 17.3 Å². The van der Waals surface area contributed by atoms with Crippen LogP contribution in [0.3, 0.4) is 0 Å². The lowest BCUT2D eigenvalue weighted by molar-refractivity contribution is -0.136. The average molecular weight is 399 g/mol. The van der Waals surface area contributed by atoms with Gasteiger partial charge in [0.2, 0.25) is 11.8 Å². The van der Waals surface area contributed by atoms with Crippen LogP contribution in [0.15, 0.2) is 28.8 Å². The molecular weight excluding hydrogens is 374 g/mol. The number of nitrogens with zero attached hydrogens (tertiary/aromatic N) is 2. The monoisotopic (exact) mass is 399 g/mol. The van der Waals surface area contributed by atoms with Crippen LogP contribution in [0.5, 0.6) is 11.5 Å². The lowest BCUT2D eigenvalue weighted by Gasteiger charge is -2.23. The van der Waals surface area contributed by atoms with Crippen molar-refractivity contribution < 1.29 is 23.6 Å². The van der Waals surface area contributed by atoms with Gasteiger partial charge in [0, 0.05) is 19.0 Å². The molecule has 0 spiro atoms. The molecule has 1 saturated heterocycles. The highest BCUT2D eigenvalue weighted by Gasteiger charge is 2.34. The molecule has 1 fully saturated rings. The van der Waals surface area contributed by atoms with Gasteiger partial charge in [-0.05, 0) is 50.3 Å². The van der Waals surface area contributed by atoms with Crippen molar-refractivity contribution in [2.24, 2.45) is 0 Å². The summed E-state index contributed by atoms with van der Waals surface area (Å²) in [4.78, 5) is 27.0. The minimum Gasteiger partial charge on any atom is -0.486 e. The van der Waals surface area contributed by atoms with Crippen molar-refractivity contribution in [3.8, 4) is 11.5 Å². The summed E-state index contributed by atoms with van der Waals surface area (Å²) < 4.78 is 16.1. The summed E-state index contributed by atoms with van der Waals surface area (Å²) in [7, 11) is 0. The van der Waals surface area contributed by atoms with Crippen LogP contribution < -0.4 is 14.8 Å². The van der Waals surface area contributed by atoms with Crippen molar-refractivity contribution in [3.63, 3.8) is 0 Å². The maximum absolute atomic E-state index is 12.7. The first-order valence-corrected chi connectivity index (χ1v) is 10.0. The van der Waals surface area contributed by atoms with Crippen LogP contribution >= 0.6 is 0 Å². The molecule has 2 aromatic rings. The van der Waals surface area contributed by atoms with Crippen LogP contribution in [-0.4, -0.2) is 47.7 Å². The van der Waals surface area contributed by atoms with Gasteiger partial charge in [0.05, 0.1) is 0 Å². The Balaban J connectivity index is 1.29. The molecule has 1 aromatic carbocycles. The highest BCUT2D eigenvalue weighted by atomic mass is 16.6. The molecule has 29 heavy (non-hydrogen) atoms. The second kappa shape index (κ2) is 8.55. The third-order valence-electron chi connectivity index (χ3n) is 5.22. The Kier molecular flexibility index (Phi) is 5.69. The predicted molar refractivity (Wildman–Crippen MR) is 105 cm³/mol. The molecule has 8 heteroatoms. The highest BCUT2D eigenvalue weighted by molar-refractivity contribution is 5.96. The molecule has 3 heterocycles. The second-order valence-corrected chi connectivity index (χ2v) is 7.39. The van der Waals surface area contributed by atoms with E-state index in [0.29, 0.717) is 50.6 Å². The highest BCUT2D eigenvalue weighted by Crippen LogP contribution is 2.31. The van der Waals surface area contributed by atoms with Crippen LogP contribution in [0.25, 0.3) is 0 Å². The van der Waals surface area contributed by atoms with E-state index in [1.54, 1.807) is 17.9 Å². The van der Waals surface area contributed by atoms with Crippen molar-refractivity contribution in [3.05, 3.63) is 35.6 Å². The summed E-state index contributed by atoms with van der Waals surface area (Å²) in [5.74, 6) is 2.33. The quantitative estimate of drug-likeness (QED) is 0.803. The normalized spacial score (nSPS) is 18.0. The molecular formula is C21H25N3O5. The van der Waals surface area contributed by atoms with E-state index in [0.717, 1.165) is 29.9 Å². The Morgan fingerprint density at radius 2 is 2.03 bits per heavy atom. The fourth-order valence-electron chi connectivity index (χ4n) is 3.80. The minimum absolute atomic E-state index is 0.0107. The Morgan fingerprint density at radius 3 is 2.83 bits per heavy atom. The van der Waals surface area contributed by atoms with Gasteiger partial charge in [0.25, 0.3) is 0 Å². The predicted octanol–water partition coefficient (Wildman–Crippen LogP) is 2.71. The number of benzene rings is 1. The van der Waals surface area contributed by atoms with Crippen molar-refractivity contribution in [1.29, 1.82) is 0 Å². The Hall–Kier alpha value is -3.03. The SMILES string of the molecule is Cc1cc(NC(=O)[C@@H]2CCCN2C(=O)CCCc2ccc3c(c2)OCCO3)no1. The molecule has 1 atom stereocenters. The number of ether oxygens (including phenoxy) is 2. The number of likely N-dealkylation sites (tertiary alicyclic amines) is 1. The molecule has 0 unspecified atom stereocenters. The van der Waals surface area contributed by atoms with Gasteiger partial charge in [0.1, 0.15) is 25.0 Å². The molecule has 1 aromatic heterocycles. The van der Waals surface area contributed by atoms with Crippen LogP contribution in [0.1, 0.15) is 37.0 Å². The van der Waals surface area contributed by atoms with Crippen molar-refractivity contribution in [2.45, 2.75) is 45.1 Å². The van der Waals surface area contributed by atoms with Gasteiger partial charge in [-0.3, -0.25) is 9.59 Å². The second-order valence-electron chi connectivity index (χ2n) is 7.39. The van der Waals surface area contributed by atoms with Crippen molar-refractivity contribution in [1.82, 2.24) is 10.1 Å². The largest absolute Gasteiger partial charge is 0.486 e. The van der Waals surface area contributed by atoms with E-state index in [9.17, 15) is 9.59 Å².